The van der Waals surface area contributed by atoms with Gasteiger partial charge in [0.15, 0.2) is 5.11 Å². The maximum absolute atomic E-state index is 10.3. The van der Waals surface area contributed by atoms with E-state index in [2.05, 4.69) is 20.0 Å². The number of rotatable bonds is 8. The van der Waals surface area contributed by atoms with Crippen molar-refractivity contribution in [2.75, 3.05) is 24.6 Å². The summed E-state index contributed by atoms with van der Waals surface area (Å²) in [5, 5.41) is 16.7. The lowest BCUT2D eigenvalue weighted by molar-refractivity contribution is -0.432. The molecule has 0 aromatic carbocycles. The van der Waals surface area contributed by atoms with Crippen molar-refractivity contribution in [3.05, 3.63) is 0 Å². The molecule has 8 nitrogen and oxygen atoms in total. The third kappa shape index (κ3) is 11.9. The zero-order valence-corrected chi connectivity index (χ0v) is 10.5. The molecular weight excluding hydrogens is 280 g/mol. The molecule has 0 unspecified atom stereocenters. The summed E-state index contributed by atoms with van der Waals surface area (Å²) >= 11 is 5.66. The highest BCUT2D eigenvalue weighted by atomic mass is 32.2. The van der Waals surface area contributed by atoms with Gasteiger partial charge in [0, 0.05) is 30.9 Å². The summed E-state index contributed by atoms with van der Waals surface area (Å²) in [5.74, 6) is 0.0473. The van der Waals surface area contributed by atoms with Gasteiger partial charge in [0.05, 0.1) is 5.75 Å². The molecule has 0 aromatic rings. The Bertz CT molecular complexity index is 295. The quantitative estimate of drug-likeness (QED) is 0.115. The SMILES string of the molecule is O=S(=O)(O)CCNC(=S)NCCSOOO. The largest absolute Gasteiger partial charge is 0.362 e. The van der Waals surface area contributed by atoms with Crippen LogP contribution in [0, 0.1) is 0 Å². The Hall–Kier alpha value is -0.170. The Labute approximate surface area is 102 Å². The first-order chi connectivity index (χ1) is 7.45. The van der Waals surface area contributed by atoms with Crippen molar-refractivity contribution in [1.82, 2.24) is 10.6 Å². The van der Waals surface area contributed by atoms with Gasteiger partial charge in [-0.3, -0.25) is 4.55 Å². The van der Waals surface area contributed by atoms with Crippen LogP contribution in [0.2, 0.25) is 0 Å². The van der Waals surface area contributed by atoms with E-state index in [1.54, 1.807) is 0 Å². The minimum Gasteiger partial charge on any atom is -0.362 e. The molecule has 0 saturated carbocycles. The Morgan fingerprint density at radius 3 is 2.56 bits per heavy atom. The Morgan fingerprint density at radius 1 is 1.38 bits per heavy atom. The minimum absolute atomic E-state index is 0.0219. The smallest absolute Gasteiger partial charge is 0.266 e. The molecule has 0 aliphatic heterocycles. The molecule has 0 aromatic heterocycles. The predicted molar refractivity (Wildman–Crippen MR) is 62.3 cm³/mol. The highest BCUT2D eigenvalue weighted by Gasteiger charge is 2.03. The van der Waals surface area contributed by atoms with E-state index in [0.717, 1.165) is 12.0 Å². The van der Waals surface area contributed by atoms with Crippen LogP contribution in [0.15, 0.2) is 0 Å². The fourth-order valence-corrected chi connectivity index (χ4v) is 1.48. The molecule has 0 amide bonds. The topological polar surface area (TPSA) is 117 Å². The molecule has 16 heavy (non-hydrogen) atoms. The summed E-state index contributed by atoms with van der Waals surface area (Å²) < 4.78 is 33.2. The second-order valence-corrected chi connectivity index (χ2v) is 5.19. The van der Waals surface area contributed by atoms with E-state index in [1.807, 2.05) is 0 Å². The van der Waals surface area contributed by atoms with Gasteiger partial charge in [0.2, 0.25) is 0 Å². The molecule has 0 aliphatic rings. The van der Waals surface area contributed by atoms with Crippen LogP contribution in [0.25, 0.3) is 0 Å². The highest BCUT2D eigenvalue weighted by molar-refractivity contribution is 7.94. The summed E-state index contributed by atoms with van der Waals surface area (Å²) in [5.41, 5.74) is 0. The molecular formula is C5H12N2O6S3. The Balaban J connectivity index is 3.38. The molecule has 11 heteroatoms. The van der Waals surface area contributed by atoms with Crippen LogP contribution < -0.4 is 10.6 Å². The molecule has 0 spiro atoms. The van der Waals surface area contributed by atoms with Gasteiger partial charge in [-0.1, -0.05) is 5.04 Å². The lowest BCUT2D eigenvalue weighted by Crippen LogP contribution is -2.38. The van der Waals surface area contributed by atoms with Crippen LogP contribution in [-0.4, -0.2) is 47.9 Å². The number of thiocarbonyl (C=S) groups is 1. The van der Waals surface area contributed by atoms with E-state index in [4.69, 9.17) is 22.0 Å². The lowest BCUT2D eigenvalue weighted by atomic mass is 10.7. The van der Waals surface area contributed by atoms with Crippen molar-refractivity contribution in [3.8, 4) is 0 Å². The minimum atomic E-state index is -3.97. The van der Waals surface area contributed by atoms with Gasteiger partial charge in [-0.15, -0.1) is 4.33 Å². The standard InChI is InChI=1S/C5H12N2O6S3/c8-12-13-15-3-1-6-5(14)7-2-4-16(9,10)11/h8H,1-4H2,(H2,6,7,14)(H,9,10,11). The molecule has 0 saturated heterocycles. The highest BCUT2D eigenvalue weighted by Crippen LogP contribution is 1.98. The molecule has 0 fully saturated rings. The van der Waals surface area contributed by atoms with Crippen molar-refractivity contribution in [1.29, 1.82) is 0 Å². The third-order valence-electron chi connectivity index (χ3n) is 1.20. The fraction of sp³-hybridized carbons (Fsp3) is 0.800. The van der Waals surface area contributed by atoms with Gasteiger partial charge in [-0.05, 0) is 12.2 Å². The molecule has 0 atom stereocenters. The van der Waals surface area contributed by atoms with E-state index in [0.29, 0.717) is 12.3 Å². The zero-order valence-electron chi connectivity index (χ0n) is 8.08. The van der Waals surface area contributed by atoms with Gasteiger partial charge in [-0.2, -0.15) is 8.42 Å². The average Bonchev–Trinajstić information content (AvgIpc) is 2.15. The fourth-order valence-electron chi connectivity index (χ4n) is 0.618. The van der Waals surface area contributed by atoms with Crippen LogP contribution in [-0.2, 0) is 19.5 Å². The van der Waals surface area contributed by atoms with E-state index in [-0.39, 0.29) is 11.7 Å². The van der Waals surface area contributed by atoms with Crippen LogP contribution in [0.1, 0.15) is 0 Å². The molecule has 0 aliphatic carbocycles. The first-order valence-electron chi connectivity index (χ1n) is 4.02. The third-order valence-corrected chi connectivity index (χ3v) is 2.73. The molecule has 4 N–H and O–H groups in total. The summed E-state index contributed by atoms with van der Waals surface area (Å²) in [6.07, 6.45) is 0. The lowest BCUT2D eigenvalue weighted by Gasteiger charge is -2.08. The predicted octanol–water partition coefficient (Wildman–Crippen LogP) is -0.592. The summed E-state index contributed by atoms with van der Waals surface area (Å²) in [6.45, 7) is 0.458. The number of hydrogen-bond donors (Lipinski definition) is 4. The van der Waals surface area contributed by atoms with Crippen LogP contribution in [0.5, 0.6) is 0 Å². The second-order valence-electron chi connectivity index (χ2n) is 2.43. The number of hydrogen-bond acceptors (Lipinski definition) is 7. The van der Waals surface area contributed by atoms with Gasteiger partial charge in [0.25, 0.3) is 10.1 Å². The van der Waals surface area contributed by atoms with E-state index in [1.165, 1.54) is 0 Å². The van der Waals surface area contributed by atoms with Crippen molar-refractivity contribution in [2.45, 2.75) is 0 Å². The molecule has 0 radical (unpaired) electrons. The second kappa shape index (κ2) is 8.92. The van der Waals surface area contributed by atoms with Crippen molar-refractivity contribution < 1.29 is 27.6 Å². The maximum Gasteiger partial charge on any atom is 0.266 e. The molecule has 0 heterocycles. The van der Waals surface area contributed by atoms with Crippen LogP contribution in [0.4, 0.5) is 0 Å². The van der Waals surface area contributed by atoms with Gasteiger partial charge < -0.3 is 10.6 Å². The normalized spacial score (nSPS) is 11.1. The van der Waals surface area contributed by atoms with Gasteiger partial charge in [-0.25, -0.2) is 5.26 Å². The van der Waals surface area contributed by atoms with Crippen molar-refractivity contribution in [3.63, 3.8) is 0 Å². The van der Waals surface area contributed by atoms with Crippen LogP contribution in [0.3, 0.4) is 0 Å². The first-order valence-corrected chi connectivity index (χ1v) is 6.95. The maximum atomic E-state index is 10.3. The molecule has 0 bridgehead atoms. The summed E-state index contributed by atoms with van der Waals surface area (Å²) in [4.78, 5) is 0. The van der Waals surface area contributed by atoms with Gasteiger partial charge >= 0.3 is 0 Å². The van der Waals surface area contributed by atoms with E-state index >= 15 is 0 Å². The van der Waals surface area contributed by atoms with Crippen molar-refractivity contribution in [2.24, 2.45) is 0 Å². The average molecular weight is 292 g/mol. The molecule has 0 rings (SSSR count). The number of nitrogens with one attached hydrogen (secondary N) is 2. The van der Waals surface area contributed by atoms with Crippen LogP contribution >= 0.6 is 24.3 Å². The Kier molecular flexibility index (Phi) is 8.83. The Morgan fingerprint density at radius 2 is 2.00 bits per heavy atom. The zero-order chi connectivity index (χ0) is 12.4. The molecule has 96 valence electrons. The summed E-state index contributed by atoms with van der Waals surface area (Å²) in [6, 6.07) is 0. The van der Waals surface area contributed by atoms with Gasteiger partial charge in [0.1, 0.15) is 0 Å². The van der Waals surface area contributed by atoms with E-state index in [9.17, 15) is 8.42 Å². The summed E-state index contributed by atoms with van der Waals surface area (Å²) in [7, 11) is -3.97. The van der Waals surface area contributed by atoms with Crippen molar-refractivity contribution >= 4 is 39.5 Å². The monoisotopic (exact) mass is 292 g/mol. The first kappa shape index (κ1) is 15.8. The van der Waals surface area contributed by atoms with E-state index < -0.39 is 15.9 Å².